The number of hydrogen-bond donors (Lipinski definition) is 1. The van der Waals surface area contributed by atoms with Gasteiger partial charge in [0.25, 0.3) is 0 Å². The Bertz CT molecular complexity index is 770. The van der Waals surface area contributed by atoms with Gasteiger partial charge in [-0.25, -0.2) is 0 Å². The Balaban J connectivity index is 0.000000289. The van der Waals surface area contributed by atoms with E-state index in [0.29, 0.717) is 4.90 Å². The molecule has 0 aromatic heterocycles. The van der Waals surface area contributed by atoms with Crippen LogP contribution in [0.2, 0.25) is 0 Å². The molecule has 0 atom stereocenters. The van der Waals surface area contributed by atoms with Crippen LogP contribution in [0, 0.1) is 0 Å². The summed E-state index contributed by atoms with van der Waals surface area (Å²) in [6.45, 7) is 0. The SMILES string of the molecule is FC(F)(F)c1ccc(S(F)(F)(F)(F)F)cc1.FC(F)(F)c1ccc(S)cc1. The number of rotatable bonds is 1. The van der Waals surface area contributed by atoms with E-state index < -0.39 is 38.6 Å². The van der Waals surface area contributed by atoms with Crippen LogP contribution in [0.25, 0.3) is 0 Å². The number of thiol groups is 1. The average Bonchev–Trinajstić information content (AvgIpc) is 2.44. The lowest BCUT2D eigenvalue weighted by Gasteiger charge is -2.40. The van der Waals surface area contributed by atoms with Crippen LogP contribution in [0.1, 0.15) is 11.1 Å². The molecule has 2 rings (SSSR count). The monoisotopic (exact) mass is 450 g/mol. The van der Waals surface area contributed by atoms with Gasteiger partial charge in [-0.2, -0.15) is 26.3 Å². The molecule has 27 heavy (non-hydrogen) atoms. The predicted octanol–water partition coefficient (Wildman–Crippen LogP) is 8.36. The summed E-state index contributed by atoms with van der Waals surface area (Å²) in [5.74, 6) is 0. The third-order valence-electron chi connectivity index (χ3n) is 2.82. The molecule has 0 spiro atoms. The highest BCUT2D eigenvalue weighted by molar-refractivity contribution is 8.45. The zero-order valence-electron chi connectivity index (χ0n) is 12.6. The van der Waals surface area contributed by atoms with Crippen molar-refractivity contribution in [1.82, 2.24) is 0 Å². The first-order valence-corrected chi connectivity index (χ1v) is 8.87. The zero-order chi connectivity index (χ0) is 21.4. The Morgan fingerprint density at radius 3 is 1.11 bits per heavy atom. The lowest BCUT2D eigenvalue weighted by Crippen LogP contribution is -2.08. The van der Waals surface area contributed by atoms with Gasteiger partial charge in [0.15, 0.2) is 0 Å². The lowest BCUT2D eigenvalue weighted by molar-refractivity contribution is -0.138. The molecular formula is C14H9F11S2. The van der Waals surface area contributed by atoms with Crippen LogP contribution in [-0.4, -0.2) is 0 Å². The maximum absolute atomic E-state index is 12.1. The van der Waals surface area contributed by atoms with Crippen molar-refractivity contribution in [2.24, 2.45) is 0 Å². The highest BCUT2D eigenvalue weighted by Crippen LogP contribution is 3.02. The van der Waals surface area contributed by atoms with Crippen molar-refractivity contribution < 1.29 is 45.8 Å². The van der Waals surface area contributed by atoms with Gasteiger partial charge in [0, 0.05) is 4.90 Å². The largest absolute Gasteiger partial charge is 0.416 e. The second-order valence-corrected chi connectivity index (χ2v) is 7.96. The minimum Gasteiger partial charge on any atom is -0.166 e. The maximum Gasteiger partial charge on any atom is 0.416 e. The van der Waals surface area contributed by atoms with Crippen LogP contribution >= 0.6 is 22.9 Å². The molecule has 154 valence electrons. The normalized spacial score (nSPS) is 15.3. The van der Waals surface area contributed by atoms with Crippen molar-refractivity contribution in [3.8, 4) is 0 Å². The predicted molar refractivity (Wildman–Crippen MR) is 81.5 cm³/mol. The molecule has 0 amide bonds. The van der Waals surface area contributed by atoms with Crippen molar-refractivity contribution in [2.45, 2.75) is 22.1 Å². The van der Waals surface area contributed by atoms with Crippen molar-refractivity contribution in [2.75, 3.05) is 0 Å². The van der Waals surface area contributed by atoms with Gasteiger partial charge in [0.05, 0.1) is 11.1 Å². The fourth-order valence-electron chi connectivity index (χ4n) is 1.55. The van der Waals surface area contributed by atoms with Crippen LogP contribution < -0.4 is 0 Å². The molecule has 0 saturated carbocycles. The molecule has 0 saturated heterocycles. The minimum absolute atomic E-state index is 0.0345. The zero-order valence-corrected chi connectivity index (χ0v) is 14.3. The molecule has 0 radical (unpaired) electrons. The van der Waals surface area contributed by atoms with E-state index in [1.807, 2.05) is 0 Å². The van der Waals surface area contributed by atoms with Crippen LogP contribution in [0.15, 0.2) is 58.3 Å². The molecule has 0 N–H and O–H groups in total. The van der Waals surface area contributed by atoms with Gasteiger partial charge >= 0.3 is 22.6 Å². The second-order valence-electron chi connectivity index (χ2n) is 5.04. The van der Waals surface area contributed by atoms with E-state index in [2.05, 4.69) is 12.6 Å². The topological polar surface area (TPSA) is 0 Å². The number of halogens is 11. The molecule has 2 aromatic rings. The summed E-state index contributed by atoms with van der Waals surface area (Å²) in [4.78, 5) is -1.81. The van der Waals surface area contributed by atoms with Gasteiger partial charge in [0.2, 0.25) is 0 Å². The molecule has 0 nitrogen and oxygen atoms in total. The van der Waals surface area contributed by atoms with Crippen molar-refractivity contribution in [3.63, 3.8) is 0 Å². The Morgan fingerprint density at radius 1 is 0.556 bits per heavy atom. The summed E-state index contributed by atoms with van der Waals surface area (Å²) in [7, 11) is -9.88. The fourth-order valence-corrected chi connectivity index (χ4v) is 2.35. The summed E-state index contributed by atoms with van der Waals surface area (Å²) >= 11 is 3.86. The van der Waals surface area contributed by atoms with E-state index >= 15 is 0 Å². The molecule has 0 bridgehead atoms. The third-order valence-corrected chi connectivity index (χ3v) is 4.28. The molecule has 0 aliphatic rings. The Labute approximate surface area is 151 Å². The third kappa shape index (κ3) is 7.48. The van der Waals surface area contributed by atoms with E-state index in [4.69, 9.17) is 0 Å². The van der Waals surface area contributed by atoms with Gasteiger partial charge in [-0.1, -0.05) is 19.4 Å². The molecule has 0 aliphatic heterocycles. The number of benzene rings is 2. The van der Waals surface area contributed by atoms with Crippen LogP contribution in [0.3, 0.4) is 0 Å². The van der Waals surface area contributed by atoms with E-state index in [1.165, 1.54) is 12.1 Å². The van der Waals surface area contributed by atoms with Gasteiger partial charge in [-0.05, 0) is 48.5 Å². The van der Waals surface area contributed by atoms with E-state index in [-0.39, 0.29) is 24.3 Å². The van der Waals surface area contributed by atoms with Crippen molar-refractivity contribution >= 4 is 22.9 Å². The van der Waals surface area contributed by atoms with Crippen molar-refractivity contribution in [3.05, 3.63) is 59.7 Å². The van der Waals surface area contributed by atoms with E-state index in [1.54, 1.807) is 0 Å². The molecule has 0 aliphatic carbocycles. The number of hydrogen-bond acceptors (Lipinski definition) is 1. The van der Waals surface area contributed by atoms with E-state index in [9.17, 15) is 45.8 Å². The average molecular weight is 450 g/mol. The molecule has 0 unspecified atom stereocenters. The lowest BCUT2D eigenvalue weighted by atomic mass is 10.2. The molecule has 13 heteroatoms. The molecule has 2 aromatic carbocycles. The minimum atomic E-state index is -9.88. The molecular weight excluding hydrogens is 441 g/mol. The standard InChI is InChI=1S/C7H4F8S.C7H5F3S/c8-7(9,10)5-1-3-6(4-2-5)16(11,12,13,14)15;8-7(9,10)5-1-3-6(11)4-2-5/h1-4H;1-4,11H. The summed E-state index contributed by atoms with van der Waals surface area (Å²) in [5, 5.41) is 0. The fraction of sp³-hybridized carbons (Fsp3) is 0.143. The van der Waals surface area contributed by atoms with Crippen LogP contribution in [0.4, 0.5) is 45.8 Å². The summed E-state index contributed by atoms with van der Waals surface area (Å²) < 4.78 is 132. The van der Waals surface area contributed by atoms with E-state index in [0.717, 1.165) is 12.1 Å². The highest BCUT2D eigenvalue weighted by atomic mass is 32.5. The summed E-state index contributed by atoms with van der Waals surface area (Å²) in [5.41, 5.74) is -2.06. The Morgan fingerprint density at radius 2 is 0.852 bits per heavy atom. The molecule has 0 heterocycles. The first kappa shape index (κ1) is 23.4. The first-order valence-electron chi connectivity index (χ1n) is 6.48. The maximum atomic E-state index is 12.1. The quantitative estimate of drug-likeness (QED) is 0.328. The Hall–Kier alpha value is -1.63. The van der Waals surface area contributed by atoms with Crippen LogP contribution in [0.5, 0.6) is 0 Å². The Kier molecular flexibility index (Phi) is 5.61. The summed E-state index contributed by atoms with van der Waals surface area (Å²) in [6.07, 6.45) is -9.11. The molecule has 0 fully saturated rings. The highest BCUT2D eigenvalue weighted by Gasteiger charge is 2.65. The van der Waals surface area contributed by atoms with Gasteiger partial charge in [-0.15, -0.1) is 12.6 Å². The number of alkyl halides is 6. The van der Waals surface area contributed by atoms with Gasteiger partial charge in [-0.3, -0.25) is 0 Å². The first-order chi connectivity index (χ1) is 11.7. The summed E-state index contributed by atoms with van der Waals surface area (Å²) in [6, 6.07) is 4.01. The van der Waals surface area contributed by atoms with Crippen LogP contribution in [-0.2, 0) is 12.4 Å². The smallest absolute Gasteiger partial charge is 0.166 e. The second kappa shape index (κ2) is 6.47. The van der Waals surface area contributed by atoms with Gasteiger partial charge < -0.3 is 0 Å². The van der Waals surface area contributed by atoms with Gasteiger partial charge in [0.1, 0.15) is 4.90 Å². The van der Waals surface area contributed by atoms with Crippen molar-refractivity contribution in [1.29, 1.82) is 0 Å².